The molecule has 5 nitrogen and oxygen atoms in total. The molecule has 0 aliphatic rings. The van der Waals surface area contributed by atoms with Gasteiger partial charge in [-0.3, -0.25) is 4.79 Å². The van der Waals surface area contributed by atoms with Crippen molar-refractivity contribution in [3.05, 3.63) is 35.7 Å². The maximum Gasteiger partial charge on any atom is 0.356 e. The molecular formula is C11H12N2O3. The molecule has 1 amide bonds. The zero-order chi connectivity index (χ0) is 12.0. The third-order valence-electron chi connectivity index (χ3n) is 1.81. The van der Waals surface area contributed by atoms with E-state index in [0.29, 0.717) is 0 Å². The van der Waals surface area contributed by atoms with E-state index in [4.69, 9.17) is 5.73 Å². The van der Waals surface area contributed by atoms with Gasteiger partial charge < -0.3 is 10.5 Å². The van der Waals surface area contributed by atoms with Crippen LogP contribution in [0.4, 0.5) is 0 Å². The first-order valence-corrected chi connectivity index (χ1v) is 4.62. The van der Waals surface area contributed by atoms with E-state index in [1.54, 1.807) is 24.3 Å². The Morgan fingerprint density at radius 1 is 1.56 bits per heavy atom. The van der Waals surface area contributed by atoms with Gasteiger partial charge in [0.2, 0.25) is 5.91 Å². The number of aromatic nitrogens is 1. The number of hydrogen-bond donors (Lipinski definition) is 1. The van der Waals surface area contributed by atoms with Gasteiger partial charge >= 0.3 is 5.97 Å². The summed E-state index contributed by atoms with van der Waals surface area (Å²) in [6.07, 6.45) is 4.98. The quantitative estimate of drug-likeness (QED) is 0.759. The second-order valence-corrected chi connectivity index (χ2v) is 3.04. The molecule has 2 N–H and O–H groups in total. The predicted molar refractivity (Wildman–Crippen MR) is 58.4 cm³/mol. The summed E-state index contributed by atoms with van der Waals surface area (Å²) in [5, 5.41) is 0. The van der Waals surface area contributed by atoms with Gasteiger partial charge in [0, 0.05) is 12.6 Å². The molecule has 1 aromatic heterocycles. The van der Waals surface area contributed by atoms with Gasteiger partial charge in [0.25, 0.3) is 0 Å². The van der Waals surface area contributed by atoms with Crippen molar-refractivity contribution in [2.24, 2.45) is 5.73 Å². The average Bonchev–Trinajstić information content (AvgIpc) is 2.28. The zero-order valence-electron chi connectivity index (χ0n) is 8.84. The van der Waals surface area contributed by atoms with Crippen molar-refractivity contribution in [2.45, 2.75) is 6.42 Å². The molecule has 84 valence electrons. The van der Waals surface area contributed by atoms with Crippen LogP contribution in [0.5, 0.6) is 0 Å². The molecule has 1 aromatic rings. The molecule has 0 fully saturated rings. The van der Waals surface area contributed by atoms with E-state index in [9.17, 15) is 9.59 Å². The Bertz CT molecular complexity index is 427. The van der Waals surface area contributed by atoms with Gasteiger partial charge in [-0.15, -0.1) is 0 Å². The Morgan fingerprint density at radius 3 is 2.94 bits per heavy atom. The summed E-state index contributed by atoms with van der Waals surface area (Å²) >= 11 is 0. The number of amides is 1. The van der Waals surface area contributed by atoms with Crippen LogP contribution in [0.3, 0.4) is 0 Å². The lowest BCUT2D eigenvalue weighted by Crippen LogP contribution is -2.08. The molecule has 0 spiro atoms. The van der Waals surface area contributed by atoms with Gasteiger partial charge in [-0.05, 0) is 17.7 Å². The van der Waals surface area contributed by atoms with Gasteiger partial charge in [-0.1, -0.05) is 12.2 Å². The molecule has 0 radical (unpaired) electrons. The highest BCUT2D eigenvalue weighted by Gasteiger charge is 2.05. The Kier molecular flexibility index (Phi) is 4.20. The molecular weight excluding hydrogens is 208 g/mol. The zero-order valence-corrected chi connectivity index (χ0v) is 8.84. The Labute approximate surface area is 92.9 Å². The first-order valence-electron chi connectivity index (χ1n) is 4.62. The number of ether oxygens (including phenoxy) is 1. The minimum absolute atomic E-state index is 0.163. The molecule has 0 saturated heterocycles. The number of esters is 1. The summed E-state index contributed by atoms with van der Waals surface area (Å²) in [5.41, 5.74) is 5.97. The van der Waals surface area contributed by atoms with Gasteiger partial charge in [0.15, 0.2) is 0 Å². The number of nitrogens with zero attached hydrogens (tertiary/aromatic N) is 1. The number of primary amides is 1. The second kappa shape index (κ2) is 5.65. The van der Waals surface area contributed by atoms with Crippen molar-refractivity contribution in [3.8, 4) is 0 Å². The average molecular weight is 220 g/mol. The summed E-state index contributed by atoms with van der Waals surface area (Å²) in [7, 11) is 1.29. The van der Waals surface area contributed by atoms with Crippen LogP contribution in [0.1, 0.15) is 22.5 Å². The molecule has 5 heteroatoms. The van der Waals surface area contributed by atoms with Gasteiger partial charge in [0.1, 0.15) is 5.69 Å². The maximum atomic E-state index is 11.2. The number of rotatable bonds is 4. The number of carbonyl (C=O) groups excluding carboxylic acids is 2. The van der Waals surface area contributed by atoms with Crippen LogP contribution in [-0.2, 0) is 9.53 Å². The monoisotopic (exact) mass is 220 g/mol. The summed E-state index contributed by atoms with van der Waals surface area (Å²) in [6, 6.07) is 3.28. The number of carbonyl (C=O) groups is 2. The highest BCUT2D eigenvalue weighted by atomic mass is 16.5. The van der Waals surface area contributed by atoms with E-state index < -0.39 is 11.9 Å². The highest BCUT2D eigenvalue weighted by molar-refractivity contribution is 5.87. The maximum absolute atomic E-state index is 11.2. The van der Waals surface area contributed by atoms with E-state index in [2.05, 4.69) is 9.72 Å². The fourth-order valence-corrected chi connectivity index (χ4v) is 1.08. The lowest BCUT2D eigenvalue weighted by molar-refractivity contribution is -0.117. The third kappa shape index (κ3) is 3.53. The Balaban J connectivity index is 2.78. The van der Waals surface area contributed by atoms with Crippen LogP contribution >= 0.6 is 0 Å². The SMILES string of the molecule is COC(=O)c1cc(C=CCC(N)=O)ccn1. The lowest BCUT2D eigenvalue weighted by Gasteiger charge is -1.98. The lowest BCUT2D eigenvalue weighted by atomic mass is 10.2. The van der Waals surface area contributed by atoms with Gasteiger partial charge in [0.05, 0.1) is 7.11 Å². The minimum atomic E-state index is -0.495. The van der Waals surface area contributed by atoms with Crippen LogP contribution in [0, 0.1) is 0 Å². The van der Waals surface area contributed by atoms with Gasteiger partial charge in [-0.2, -0.15) is 0 Å². The molecule has 0 aliphatic carbocycles. The normalized spacial score (nSPS) is 10.3. The summed E-state index contributed by atoms with van der Waals surface area (Å²) < 4.78 is 4.53. The van der Waals surface area contributed by atoms with Crippen LogP contribution in [0.2, 0.25) is 0 Å². The molecule has 0 aliphatic heterocycles. The van der Waals surface area contributed by atoms with Crippen molar-refractivity contribution in [2.75, 3.05) is 7.11 Å². The van der Waals surface area contributed by atoms with Crippen LogP contribution in [0.25, 0.3) is 6.08 Å². The van der Waals surface area contributed by atoms with E-state index in [1.807, 2.05) is 0 Å². The molecule has 16 heavy (non-hydrogen) atoms. The number of nitrogens with two attached hydrogens (primary N) is 1. The Morgan fingerprint density at radius 2 is 2.31 bits per heavy atom. The second-order valence-electron chi connectivity index (χ2n) is 3.04. The fraction of sp³-hybridized carbons (Fsp3) is 0.182. The van der Waals surface area contributed by atoms with E-state index in [1.165, 1.54) is 13.3 Å². The first kappa shape index (κ1) is 11.9. The molecule has 0 saturated carbocycles. The van der Waals surface area contributed by atoms with Crippen LogP contribution in [0.15, 0.2) is 24.4 Å². The number of methoxy groups -OCH3 is 1. The van der Waals surface area contributed by atoms with Crippen molar-refractivity contribution < 1.29 is 14.3 Å². The van der Waals surface area contributed by atoms with Crippen LogP contribution in [-0.4, -0.2) is 24.0 Å². The van der Waals surface area contributed by atoms with Crippen molar-refractivity contribution in [1.82, 2.24) is 4.98 Å². The molecule has 0 unspecified atom stereocenters. The van der Waals surface area contributed by atoms with Crippen molar-refractivity contribution in [1.29, 1.82) is 0 Å². The van der Waals surface area contributed by atoms with E-state index in [0.717, 1.165) is 5.56 Å². The first-order chi connectivity index (χ1) is 7.63. The number of hydrogen-bond acceptors (Lipinski definition) is 4. The summed E-state index contributed by atoms with van der Waals surface area (Å²) in [5.74, 6) is -0.899. The standard InChI is InChI=1S/C11H12N2O3/c1-16-11(15)9-7-8(5-6-13-9)3-2-4-10(12)14/h2-3,5-7H,4H2,1H3,(H2,12,14). The fourth-order valence-electron chi connectivity index (χ4n) is 1.08. The third-order valence-corrected chi connectivity index (χ3v) is 1.81. The Hall–Kier alpha value is -2.17. The van der Waals surface area contributed by atoms with Gasteiger partial charge in [-0.25, -0.2) is 9.78 Å². The number of pyridine rings is 1. The van der Waals surface area contributed by atoms with Crippen LogP contribution < -0.4 is 5.73 Å². The highest BCUT2D eigenvalue weighted by Crippen LogP contribution is 2.05. The molecule has 0 bridgehead atoms. The predicted octanol–water partition coefficient (Wildman–Crippen LogP) is 0.757. The largest absolute Gasteiger partial charge is 0.464 e. The van der Waals surface area contributed by atoms with E-state index in [-0.39, 0.29) is 12.1 Å². The summed E-state index contributed by atoms with van der Waals surface area (Å²) in [6.45, 7) is 0. The van der Waals surface area contributed by atoms with Crippen molar-refractivity contribution >= 4 is 18.0 Å². The molecule has 0 atom stereocenters. The van der Waals surface area contributed by atoms with E-state index >= 15 is 0 Å². The molecule has 1 heterocycles. The molecule has 0 aromatic carbocycles. The molecule has 1 rings (SSSR count). The minimum Gasteiger partial charge on any atom is -0.464 e. The van der Waals surface area contributed by atoms with Crippen molar-refractivity contribution in [3.63, 3.8) is 0 Å². The smallest absolute Gasteiger partial charge is 0.356 e. The topological polar surface area (TPSA) is 82.3 Å². The summed E-state index contributed by atoms with van der Waals surface area (Å²) in [4.78, 5) is 25.5.